The number of benzene rings is 2. The van der Waals surface area contributed by atoms with E-state index in [1.807, 2.05) is 6.07 Å². The molecule has 2 aromatic carbocycles. The monoisotopic (exact) mass is 196 g/mol. The van der Waals surface area contributed by atoms with Crippen molar-refractivity contribution in [3.63, 3.8) is 0 Å². The van der Waals surface area contributed by atoms with Crippen LogP contribution in [0.25, 0.3) is 10.8 Å². The average Bonchev–Trinajstić information content (AvgIpc) is 2.16. The first kappa shape index (κ1) is 8.32. The number of rotatable bonds is 1. The van der Waals surface area contributed by atoms with Gasteiger partial charge in [0.2, 0.25) is 0 Å². The molecular weight excluding hydrogens is 191 g/mol. The van der Waals surface area contributed by atoms with Crippen LogP contribution in [0, 0.1) is 0 Å². The van der Waals surface area contributed by atoms with Gasteiger partial charge in [0.15, 0.2) is 5.75 Å². The lowest BCUT2D eigenvalue weighted by Crippen LogP contribution is -1.77. The Kier molecular flexibility index (Phi) is 2.07. The topological polar surface area (TPSA) is 9.23 Å². The predicted molar refractivity (Wildman–Crippen MR) is 50.7 cm³/mol. The third-order valence-corrected chi connectivity index (χ3v) is 2.10. The molecule has 0 atom stereocenters. The molecule has 0 heterocycles. The van der Waals surface area contributed by atoms with Crippen molar-refractivity contribution in [2.45, 2.75) is 0 Å². The lowest BCUT2D eigenvalue weighted by molar-refractivity contribution is -0.00603. The minimum atomic E-state index is 0.190. The SMILES string of the molecule is FOc1ccc2ccc(Cl)cc2c1. The first-order valence-corrected chi connectivity index (χ1v) is 4.15. The van der Waals surface area contributed by atoms with Crippen LogP contribution in [0.4, 0.5) is 4.53 Å². The molecule has 0 aliphatic carbocycles. The van der Waals surface area contributed by atoms with E-state index in [1.54, 1.807) is 30.3 Å². The minimum Gasteiger partial charge on any atom is -0.294 e. The van der Waals surface area contributed by atoms with E-state index < -0.39 is 0 Å². The summed E-state index contributed by atoms with van der Waals surface area (Å²) in [6.07, 6.45) is 0. The first-order chi connectivity index (χ1) is 6.29. The van der Waals surface area contributed by atoms with Gasteiger partial charge >= 0.3 is 0 Å². The average molecular weight is 197 g/mol. The smallest absolute Gasteiger partial charge is 0.172 e. The van der Waals surface area contributed by atoms with Crippen LogP contribution in [0.15, 0.2) is 36.4 Å². The number of fused-ring (bicyclic) bond motifs is 1. The fourth-order valence-electron chi connectivity index (χ4n) is 1.24. The lowest BCUT2D eigenvalue weighted by Gasteiger charge is -1.99. The van der Waals surface area contributed by atoms with Crippen LogP contribution in [0.1, 0.15) is 0 Å². The molecule has 2 aromatic rings. The molecule has 0 aromatic heterocycles. The molecule has 3 heteroatoms. The van der Waals surface area contributed by atoms with Crippen LogP contribution in [0.2, 0.25) is 5.02 Å². The van der Waals surface area contributed by atoms with Crippen LogP contribution >= 0.6 is 11.6 Å². The Labute approximate surface area is 79.6 Å². The van der Waals surface area contributed by atoms with Gasteiger partial charge in [0.05, 0.1) is 0 Å². The van der Waals surface area contributed by atoms with Crippen molar-refractivity contribution in [2.75, 3.05) is 0 Å². The van der Waals surface area contributed by atoms with E-state index in [9.17, 15) is 4.53 Å². The Balaban J connectivity index is 2.68. The highest BCUT2D eigenvalue weighted by Crippen LogP contribution is 2.23. The summed E-state index contributed by atoms with van der Waals surface area (Å²) in [5.74, 6) is 0.190. The molecule has 0 N–H and O–H groups in total. The molecular formula is C10H6ClFO. The second kappa shape index (κ2) is 3.23. The molecule has 66 valence electrons. The van der Waals surface area contributed by atoms with Gasteiger partial charge in [-0.15, -0.1) is 0 Å². The minimum absolute atomic E-state index is 0.190. The van der Waals surface area contributed by atoms with E-state index in [1.165, 1.54) is 0 Å². The Hall–Kier alpha value is -1.28. The highest BCUT2D eigenvalue weighted by molar-refractivity contribution is 6.31. The Morgan fingerprint density at radius 1 is 1.00 bits per heavy atom. The van der Waals surface area contributed by atoms with Crippen LogP contribution < -0.4 is 4.94 Å². The summed E-state index contributed by atoms with van der Waals surface area (Å²) in [7, 11) is 0. The van der Waals surface area contributed by atoms with E-state index in [-0.39, 0.29) is 5.75 Å². The van der Waals surface area contributed by atoms with Gasteiger partial charge in [-0.25, -0.2) is 0 Å². The summed E-state index contributed by atoms with van der Waals surface area (Å²) in [6.45, 7) is 0. The zero-order chi connectivity index (χ0) is 9.26. The van der Waals surface area contributed by atoms with Crippen molar-refractivity contribution >= 4 is 22.4 Å². The highest BCUT2D eigenvalue weighted by Gasteiger charge is 1.98. The van der Waals surface area contributed by atoms with E-state index >= 15 is 0 Å². The summed E-state index contributed by atoms with van der Waals surface area (Å²) in [4.78, 5) is 3.62. The van der Waals surface area contributed by atoms with Crippen molar-refractivity contribution in [1.82, 2.24) is 0 Å². The van der Waals surface area contributed by atoms with Gasteiger partial charge in [0.25, 0.3) is 0 Å². The zero-order valence-corrected chi connectivity index (χ0v) is 7.38. The van der Waals surface area contributed by atoms with Crippen molar-refractivity contribution in [3.05, 3.63) is 41.4 Å². The van der Waals surface area contributed by atoms with Gasteiger partial charge < -0.3 is 0 Å². The van der Waals surface area contributed by atoms with Crippen LogP contribution in [-0.2, 0) is 0 Å². The fourth-order valence-corrected chi connectivity index (χ4v) is 1.42. The molecule has 0 aliphatic rings. The van der Waals surface area contributed by atoms with E-state index in [4.69, 9.17) is 11.6 Å². The molecule has 1 nitrogen and oxygen atoms in total. The molecule has 0 spiro atoms. The summed E-state index contributed by atoms with van der Waals surface area (Å²) in [6, 6.07) is 10.4. The lowest BCUT2D eigenvalue weighted by atomic mass is 10.1. The Morgan fingerprint density at radius 3 is 2.54 bits per heavy atom. The van der Waals surface area contributed by atoms with Crippen LogP contribution in [0.3, 0.4) is 0 Å². The third-order valence-electron chi connectivity index (χ3n) is 1.86. The third kappa shape index (κ3) is 1.58. The Bertz CT molecular complexity index is 442. The molecule has 0 unspecified atom stereocenters. The van der Waals surface area contributed by atoms with Gasteiger partial charge in [0.1, 0.15) is 0 Å². The zero-order valence-electron chi connectivity index (χ0n) is 6.63. The number of halogens is 2. The summed E-state index contributed by atoms with van der Waals surface area (Å²) in [5, 5.41) is 2.50. The quantitative estimate of drug-likeness (QED) is 0.675. The highest BCUT2D eigenvalue weighted by atomic mass is 35.5. The van der Waals surface area contributed by atoms with Gasteiger partial charge in [-0.05, 0) is 35.0 Å². The summed E-state index contributed by atoms with van der Waals surface area (Å²) < 4.78 is 11.8. The van der Waals surface area contributed by atoms with E-state index in [2.05, 4.69) is 4.94 Å². The molecule has 0 saturated heterocycles. The first-order valence-electron chi connectivity index (χ1n) is 3.77. The maximum absolute atomic E-state index is 11.8. The summed E-state index contributed by atoms with van der Waals surface area (Å²) in [5.41, 5.74) is 0. The van der Waals surface area contributed by atoms with Crippen molar-refractivity contribution in [1.29, 1.82) is 0 Å². The van der Waals surface area contributed by atoms with E-state index in [0.29, 0.717) is 5.02 Å². The largest absolute Gasteiger partial charge is 0.294 e. The molecule has 0 amide bonds. The molecule has 0 fully saturated rings. The summed E-state index contributed by atoms with van der Waals surface area (Å²) >= 11 is 5.78. The van der Waals surface area contributed by atoms with Gasteiger partial charge in [0, 0.05) is 9.55 Å². The predicted octanol–water partition coefficient (Wildman–Crippen LogP) is 3.76. The molecule has 0 bridgehead atoms. The Morgan fingerprint density at radius 2 is 1.77 bits per heavy atom. The van der Waals surface area contributed by atoms with Gasteiger partial charge in [-0.3, -0.25) is 4.94 Å². The van der Waals surface area contributed by atoms with E-state index in [0.717, 1.165) is 10.8 Å². The second-order valence-corrected chi connectivity index (χ2v) is 3.17. The van der Waals surface area contributed by atoms with Crippen LogP contribution in [-0.4, -0.2) is 0 Å². The van der Waals surface area contributed by atoms with Crippen molar-refractivity contribution < 1.29 is 9.47 Å². The fraction of sp³-hybridized carbons (Fsp3) is 0. The van der Waals surface area contributed by atoms with Crippen molar-refractivity contribution in [3.8, 4) is 5.75 Å². The molecule has 0 aliphatic heterocycles. The molecule has 13 heavy (non-hydrogen) atoms. The maximum atomic E-state index is 11.8. The van der Waals surface area contributed by atoms with Crippen LogP contribution in [0.5, 0.6) is 5.75 Å². The second-order valence-electron chi connectivity index (χ2n) is 2.73. The molecule has 0 saturated carbocycles. The maximum Gasteiger partial charge on any atom is 0.172 e. The normalized spacial score (nSPS) is 10.3. The molecule has 2 rings (SSSR count). The molecule has 0 radical (unpaired) electrons. The number of hydrogen-bond acceptors (Lipinski definition) is 1. The van der Waals surface area contributed by atoms with Gasteiger partial charge in [-0.1, -0.05) is 23.7 Å². The van der Waals surface area contributed by atoms with Crippen molar-refractivity contribution in [2.24, 2.45) is 0 Å². The van der Waals surface area contributed by atoms with Gasteiger partial charge in [-0.2, -0.15) is 0 Å². The number of hydrogen-bond donors (Lipinski definition) is 0. The standard InChI is InChI=1S/C10H6ClFO/c11-9-3-1-7-2-4-10(13-12)6-8(7)5-9/h1-6H.